The molecular formula is C24H25ClN4O5. The van der Waals surface area contributed by atoms with E-state index in [4.69, 9.17) is 31.5 Å². The van der Waals surface area contributed by atoms with Gasteiger partial charge in [0.1, 0.15) is 0 Å². The molecule has 0 bridgehead atoms. The monoisotopic (exact) mass is 484 g/mol. The number of aliphatic imine (C=N–C) groups is 1. The highest BCUT2D eigenvalue weighted by atomic mass is 35.5. The summed E-state index contributed by atoms with van der Waals surface area (Å²) in [6, 6.07) is 7.43. The Balaban J connectivity index is 2.27. The molecule has 0 spiro atoms. The molecule has 178 valence electrons. The first-order valence-corrected chi connectivity index (χ1v) is 10.2. The van der Waals surface area contributed by atoms with Crippen molar-refractivity contribution in [3.05, 3.63) is 83.6 Å². The fourth-order valence-electron chi connectivity index (χ4n) is 2.81. The van der Waals surface area contributed by atoms with Crippen LogP contribution in [0.5, 0.6) is 17.2 Å². The van der Waals surface area contributed by atoms with Gasteiger partial charge in [0.2, 0.25) is 11.7 Å². The maximum absolute atomic E-state index is 12.7. The molecule has 34 heavy (non-hydrogen) atoms. The molecule has 0 fully saturated rings. The van der Waals surface area contributed by atoms with Gasteiger partial charge in [0.25, 0.3) is 11.8 Å². The number of nitrogens with zero attached hydrogens (tertiary/aromatic N) is 1. The normalized spacial score (nSPS) is 11.3. The van der Waals surface area contributed by atoms with E-state index >= 15 is 0 Å². The number of carbonyl (C=O) groups is 2. The molecule has 0 saturated carbocycles. The molecule has 0 heterocycles. The average Bonchev–Trinajstić information content (AvgIpc) is 2.83. The number of carbonyl (C=O) groups excluding carboxylic acids is 2. The Labute approximate surface area is 202 Å². The molecule has 2 rings (SSSR count). The van der Waals surface area contributed by atoms with Crippen LogP contribution in [-0.4, -0.2) is 39.1 Å². The molecular weight excluding hydrogens is 460 g/mol. The molecule has 0 aromatic heterocycles. The largest absolute Gasteiger partial charge is 0.493 e. The second-order valence-electron chi connectivity index (χ2n) is 6.55. The lowest BCUT2D eigenvalue weighted by molar-refractivity contribution is 0.0962. The van der Waals surface area contributed by atoms with E-state index in [1.807, 2.05) is 0 Å². The Bertz CT molecular complexity index is 1150. The maximum Gasteiger partial charge on any atom is 0.258 e. The van der Waals surface area contributed by atoms with E-state index in [1.54, 1.807) is 12.1 Å². The molecule has 9 nitrogen and oxygen atoms in total. The quantitative estimate of drug-likeness (QED) is 0.283. The number of ether oxygens (including phenoxy) is 3. The minimum Gasteiger partial charge on any atom is -0.493 e. The van der Waals surface area contributed by atoms with Crippen molar-refractivity contribution in [1.29, 1.82) is 0 Å². The average molecular weight is 485 g/mol. The third-order valence-electron chi connectivity index (χ3n) is 4.39. The summed E-state index contributed by atoms with van der Waals surface area (Å²) in [6.07, 6.45) is 4.56. The number of methoxy groups -OCH3 is 3. The van der Waals surface area contributed by atoms with Crippen LogP contribution in [0.15, 0.2) is 72.4 Å². The predicted molar refractivity (Wildman–Crippen MR) is 132 cm³/mol. The van der Waals surface area contributed by atoms with Gasteiger partial charge in [-0.05, 0) is 42.5 Å². The van der Waals surface area contributed by atoms with Crippen LogP contribution in [0.1, 0.15) is 20.7 Å². The molecule has 2 amide bonds. The summed E-state index contributed by atoms with van der Waals surface area (Å²) in [5.41, 5.74) is 7.01. The highest BCUT2D eigenvalue weighted by molar-refractivity contribution is 6.34. The van der Waals surface area contributed by atoms with Crippen LogP contribution < -0.4 is 30.6 Å². The fourth-order valence-corrected chi connectivity index (χ4v) is 3.01. The summed E-state index contributed by atoms with van der Waals surface area (Å²) in [4.78, 5) is 29.4. The lowest BCUT2D eigenvalue weighted by Crippen LogP contribution is -2.36. The molecule has 0 unspecified atom stereocenters. The topological polar surface area (TPSA) is 124 Å². The summed E-state index contributed by atoms with van der Waals surface area (Å²) >= 11 is 6.17. The number of rotatable bonds is 9. The number of hydrogen-bond donors (Lipinski definition) is 3. The molecule has 4 N–H and O–H groups in total. The zero-order valence-corrected chi connectivity index (χ0v) is 19.7. The Kier molecular flexibility index (Phi) is 9.27. The van der Waals surface area contributed by atoms with Crippen LogP contribution in [0.2, 0.25) is 5.02 Å². The maximum atomic E-state index is 12.7. The van der Waals surface area contributed by atoms with Crippen LogP contribution in [0, 0.1) is 0 Å². The molecule has 2 aromatic carbocycles. The second kappa shape index (κ2) is 12.1. The first-order valence-electron chi connectivity index (χ1n) is 9.79. The van der Waals surface area contributed by atoms with E-state index < -0.39 is 11.8 Å². The van der Waals surface area contributed by atoms with E-state index in [9.17, 15) is 9.59 Å². The van der Waals surface area contributed by atoms with Gasteiger partial charge < -0.3 is 25.3 Å². The van der Waals surface area contributed by atoms with Gasteiger partial charge in [0.15, 0.2) is 11.5 Å². The van der Waals surface area contributed by atoms with Crippen molar-refractivity contribution in [3.8, 4) is 17.2 Å². The van der Waals surface area contributed by atoms with Crippen molar-refractivity contribution < 1.29 is 23.8 Å². The summed E-state index contributed by atoms with van der Waals surface area (Å²) < 4.78 is 15.8. The SMILES string of the molecule is C=C/C=C(\C=C)NC(=O)c1cc(N=C(N)NC(=O)c2cc(OC)c(OC)c(OC)c2)ccc1Cl. The zero-order valence-electron chi connectivity index (χ0n) is 19.0. The summed E-state index contributed by atoms with van der Waals surface area (Å²) in [5, 5.41) is 5.34. The molecule has 2 aromatic rings. The Morgan fingerprint density at radius 1 is 1.00 bits per heavy atom. The lowest BCUT2D eigenvalue weighted by atomic mass is 10.1. The standard InChI is InChI=1S/C24H25ClN4O5/c1-6-8-15(7-2)27-23(31)17-13-16(9-10-18(17)25)28-24(26)29-22(30)14-11-19(32-3)21(34-5)20(12-14)33-4/h6-13H,1-2H2,3-5H3,(H,27,31)(H3,26,28,29,30)/b15-8+. The van der Waals surface area contributed by atoms with Crippen molar-refractivity contribution in [3.63, 3.8) is 0 Å². The Hall–Kier alpha value is -4.24. The minimum absolute atomic E-state index is 0.156. The molecule has 10 heteroatoms. The third-order valence-corrected chi connectivity index (χ3v) is 4.72. The van der Waals surface area contributed by atoms with E-state index in [2.05, 4.69) is 28.8 Å². The van der Waals surface area contributed by atoms with Gasteiger partial charge in [-0.15, -0.1) is 0 Å². The van der Waals surface area contributed by atoms with E-state index in [0.717, 1.165) is 0 Å². The molecule has 0 saturated heterocycles. The van der Waals surface area contributed by atoms with Crippen LogP contribution in [0.3, 0.4) is 0 Å². The first kappa shape index (κ1) is 26.0. The third kappa shape index (κ3) is 6.39. The van der Waals surface area contributed by atoms with Gasteiger partial charge in [-0.1, -0.05) is 30.8 Å². The molecule has 0 atom stereocenters. The fraction of sp³-hybridized carbons (Fsp3) is 0.125. The number of amides is 2. The molecule has 0 radical (unpaired) electrons. The van der Waals surface area contributed by atoms with E-state index in [-0.39, 0.29) is 22.1 Å². The number of hydrogen-bond acceptors (Lipinski definition) is 6. The van der Waals surface area contributed by atoms with Crippen molar-refractivity contribution >= 4 is 35.1 Å². The van der Waals surface area contributed by atoms with Gasteiger partial charge in [-0.25, -0.2) is 4.99 Å². The van der Waals surface area contributed by atoms with Gasteiger partial charge in [-0.3, -0.25) is 14.9 Å². The number of guanidine groups is 1. The Morgan fingerprint density at radius 2 is 1.65 bits per heavy atom. The zero-order chi connectivity index (χ0) is 25.3. The number of nitrogens with two attached hydrogens (primary N) is 1. The molecule has 0 aliphatic heterocycles. The van der Waals surface area contributed by atoms with Crippen LogP contribution in [-0.2, 0) is 0 Å². The minimum atomic E-state index is -0.558. The highest BCUT2D eigenvalue weighted by Crippen LogP contribution is 2.38. The van der Waals surface area contributed by atoms with Crippen molar-refractivity contribution in [2.75, 3.05) is 21.3 Å². The van der Waals surface area contributed by atoms with E-state index in [1.165, 1.54) is 57.7 Å². The first-order chi connectivity index (χ1) is 16.3. The van der Waals surface area contributed by atoms with Crippen molar-refractivity contribution in [1.82, 2.24) is 10.6 Å². The van der Waals surface area contributed by atoms with Crippen molar-refractivity contribution in [2.45, 2.75) is 0 Å². The molecule has 0 aliphatic carbocycles. The number of nitrogens with one attached hydrogen (secondary N) is 2. The van der Waals surface area contributed by atoms with Gasteiger partial charge >= 0.3 is 0 Å². The van der Waals surface area contributed by atoms with Gasteiger partial charge in [-0.2, -0.15) is 0 Å². The highest BCUT2D eigenvalue weighted by Gasteiger charge is 2.18. The smallest absolute Gasteiger partial charge is 0.258 e. The van der Waals surface area contributed by atoms with Crippen LogP contribution in [0.4, 0.5) is 5.69 Å². The van der Waals surface area contributed by atoms with Crippen molar-refractivity contribution in [2.24, 2.45) is 10.7 Å². The van der Waals surface area contributed by atoms with Crippen LogP contribution in [0.25, 0.3) is 0 Å². The summed E-state index contributed by atoms with van der Waals surface area (Å²) in [5.74, 6) is -0.281. The number of allylic oxidation sites excluding steroid dienone is 3. The number of halogens is 1. The lowest BCUT2D eigenvalue weighted by Gasteiger charge is -2.14. The molecule has 0 aliphatic rings. The summed E-state index contributed by atoms with van der Waals surface area (Å²) in [6.45, 7) is 7.20. The predicted octanol–water partition coefficient (Wildman–Crippen LogP) is 3.73. The number of benzene rings is 2. The second-order valence-corrected chi connectivity index (χ2v) is 6.95. The van der Waals surface area contributed by atoms with Gasteiger partial charge in [0, 0.05) is 11.3 Å². The Morgan fingerprint density at radius 3 is 2.18 bits per heavy atom. The van der Waals surface area contributed by atoms with Crippen LogP contribution >= 0.6 is 11.6 Å². The van der Waals surface area contributed by atoms with E-state index in [0.29, 0.717) is 28.6 Å². The summed E-state index contributed by atoms with van der Waals surface area (Å²) in [7, 11) is 4.34. The van der Waals surface area contributed by atoms with Gasteiger partial charge in [0.05, 0.1) is 37.6 Å².